The highest BCUT2D eigenvalue weighted by Gasteiger charge is 1.87. The summed E-state index contributed by atoms with van der Waals surface area (Å²) in [6, 6.07) is 0. The lowest BCUT2D eigenvalue weighted by molar-refractivity contribution is 0.251. The molecule has 0 aliphatic rings. The molecule has 0 saturated heterocycles. The van der Waals surface area contributed by atoms with Crippen LogP contribution in [0.25, 0.3) is 0 Å². The minimum absolute atomic E-state index is 0.768. The summed E-state index contributed by atoms with van der Waals surface area (Å²) in [5.41, 5.74) is 0. The molecule has 0 N–H and O–H groups in total. The van der Waals surface area contributed by atoms with E-state index in [1.807, 2.05) is 0 Å². The molecule has 0 fully saturated rings. The molecule has 3 heteroatoms. The average molecular weight is 115 g/mol. The van der Waals surface area contributed by atoms with E-state index in [-0.39, 0.29) is 0 Å². The summed E-state index contributed by atoms with van der Waals surface area (Å²) in [5.74, 6) is 0. The summed E-state index contributed by atoms with van der Waals surface area (Å²) >= 11 is 0. The van der Waals surface area contributed by atoms with Crippen molar-refractivity contribution in [2.75, 3.05) is 13.7 Å². The highest BCUT2D eigenvalue weighted by atomic mass is 16.6. The quantitative estimate of drug-likeness (QED) is 0.392. The monoisotopic (exact) mass is 115 g/mol. The molecule has 0 atom stereocenters. The van der Waals surface area contributed by atoms with Crippen LogP contribution in [0.3, 0.4) is 0 Å². The third-order valence-electron chi connectivity index (χ3n) is 0.780. The first kappa shape index (κ1) is 7.98. The Labute approximate surface area is 51.5 Å². The molecule has 0 aromatic carbocycles. The molecule has 0 bridgehead atoms. The van der Waals surface area contributed by atoms with Gasteiger partial charge in [-0.1, -0.05) is 13.3 Å². The predicted octanol–water partition coefficient (Wildman–Crippen LogP) is 0.984. The van der Waals surface area contributed by atoms with Crippen molar-refractivity contribution in [2.45, 2.75) is 19.8 Å². The van der Waals surface area contributed by atoms with Crippen LogP contribution >= 0.6 is 0 Å². The lowest BCUT2D eigenvalue weighted by atomic mass is 10.3. The molecule has 8 heavy (non-hydrogen) atoms. The van der Waals surface area contributed by atoms with E-state index in [1.54, 1.807) is 7.11 Å². The molecule has 0 saturated carbocycles. The Bertz CT molecular complexity index is 35.4. The average Bonchev–Trinajstić information content (AvgIpc) is 1.81. The van der Waals surface area contributed by atoms with Gasteiger partial charge in [0, 0.05) is 13.7 Å². The normalized spacial score (nSPS) is 9.25. The zero-order valence-corrected chi connectivity index (χ0v) is 5.52. The summed E-state index contributed by atoms with van der Waals surface area (Å²) in [4.78, 5) is 0. The second-order valence-corrected chi connectivity index (χ2v) is 1.56. The van der Waals surface area contributed by atoms with Crippen molar-refractivity contribution in [1.29, 1.82) is 0 Å². The first-order valence-corrected chi connectivity index (χ1v) is 2.88. The van der Waals surface area contributed by atoms with Crippen molar-refractivity contribution >= 4 is 7.69 Å². The summed E-state index contributed by atoms with van der Waals surface area (Å²) in [6.45, 7) is 2.89. The Morgan fingerprint density at radius 3 is 2.75 bits per heavy atom. The minimum Gasteiger partial charge on any atom is -0.416 e. The summed E-state index contributed by atoms with van der Waals surface area (Å²) in [5, 5.41) is 0. The van der Waals surface area contributed by atoms with Gasteiger partial charge in [-0.2, -0.15) is 0 Å². The van der Waals surface area contributed by atoms with Gasteiger partial charge >= 0.3 is 7.69 Å². The number of rotatable bonds is 5. The molecule has 0 unspecified atom stereocenters. The Balaban J connectivity index is 2.53. The summed E-state index contributed by atoms with van der Waals surface area (Å²) in [6.07, 6.45) is 2.26. The fourth-order valence-electron chi connectivity index (χ4n) is 0.344. The lowest BCUT2D eigenvalue weighted by Crippen LogP contribution is -2.01. The molecule has 0 aliphatic heterocycles. The summed E-state index contributed by atoms with van der Waals surface area (Å²) < 4.78 is 9.42. The van der Waals surface area contributed by atoms with Gasteiger partial charge in [0.1, 0.15) is 0 Å². The van der Waals surface area contributed by atoms with Gasteiger partial charge in [0.05, 0.1) is 0 Å². The molecule has 47 valence electrons. The standard InChI is InChI=1S/C5H12BO2/c1-3-4-5-8-6-7-2/h3-5H2,1-2H3. The first-order chi connectivity index (χ1) is 3.91. The molecule has 0 amide bonds. The minimum atomic E-state index is 0.768. The Kier molecular flexibility index (Phi) is 6.97. The van der Waals surface area contributed by atoms with Crippen LogP contribution in [0.15, 0.2) is 0 Å². The Hall–Kier alpha value is -0.0151. The molecule has 0 aromatic heterocycles. The van der Waals surface area contributed by atoms with Crippen LogP contribution in [0.4, 0.5) is 0 Å². The van der Waals surface area contributed by atoms with Gasteiger partial charge in [0.15, 0.2) is 0 Å². The van der Waals surface area contributed by atoms with Crippen molar-refractivity contribution in [3.8, 4) is 0 Å². The maximum atomic E-state index is 4.88. The van der Waals surface area contributed by atoms with Crippen LogP contribution in [0.2, 0.25) is 0 Å². The van der Waals surface area contributed by atoms with Crippen molar-refractivity contribution in [3.63, 3.8) is 0 Å². The van der Waals surface area contributed by atoms with Gasteiger partial charge in [-0.3, -0.25) is 0 Å². The Morgan fingerprint density at radius 2 is 2.25 bits per heavy atom. The van der Waals surface area contributed by atoms with E-state index in [1.165, 1.54) is 7.69 Å². The second kappa shape index (κ2) is 6.98. The van der Waals surface area contributed by atoms with Gasteiger partial charge in [-0.15, -0.1) is 0 Å². The Morgan fingerprint density at radius 1 is 1.50 bits per heavy atom. The van der Waals surface area contributed by atoms with E-state index in [4.69, 9.17) is 4.65 Å². The zero-order valence-electron chi connectivity index (χ0n) is 5.52. The first-order valence-electron chi connectivity index (χ1n) is 2.88. The molecule has 0 spiro atoms. The van der Waals surface area contributed by atoms with E-state index in [9.17, 15) is 0 Å². The van der Waals surface area contributed by atoms with Crippen LogP contribution in [-0.4, -0.2) is 21.4 Å². The third-order valence-corrected chi connectivity index (χ3v) is 0.780. The van der Waals surface area contributed by atoms with E-state index in [0.717, 1.165) is 19.4 Å². The van der Waals surface area contributed by atoms with Gasteiger partial charge < -0.3 is 9.31 Å². The van der Waals surface area contributed by atoms with Gasteiger partial charge in [0.2, 0.25) is 0 Å². The van der Waals surface area contributed by atoms with Crippen molar-refractivity contribution in [1.82, 2.24) is 0 Å². The lowest BCUT2D eigenvalue weighted by Gasteiger charge is -1.96. The third kappa shape index (κ3) is 5.98. The molecule has 0 aromatic rings. The fourth-order valence-corrected chi connectivity index (χ4v) is 0.344. The molecule has 0 heterocycles. The van der Waals surface area contributed by atoms with Crippen LogP contribution in [0.1, 0.15) is 19.8 Å². The topological polar surface area (TPSA) is 18.5 Å². The van der Waals surface area contributed by atoms with Crippen molar-refractivity contribution in [2.24, 2.45) is 0 Å². The number of unbranched alkanes of at least 4 members (excludes halogenated alkanes) is 1. The molecular weight excluding hydrogens is 103 g/mol. The van der Waals surface area contributed by atoms with Crippen molar-refractivity contribution in [3.05, 3.63) is 0 Å². The van der Waals surface area contributed by atoms with Gasteiger partial charge in [0.25, 0.3) is 0 Å². The maximum Gasteiger partial charge on any atom is 0.487 e. The van der Waals surface area contributed by atoms with Gasteiger partial charge in [-0.05, 0) is 6.42 Å². The highest BCUT2D eigenvalue weighted by molar-refractivity contribution is 6.17. The SMILES string of the molecule is CCCCO[B]OC. The van der Waals surface area contributed by atoms with E-state index < -0.39 is 0 Å². The van der Waals surface area contributed by atoms with E-state index in [0.29, 0.717) is 0 Å². The number of hydrogen-bond donors (Lipinski definition) is 0. The maximum absolute atomic E-state index is 4.88. The second-order valence-electron chi connectivity index (χ2n) is 1.56. The van der Waals surface area contributed by atoms with Crippen LogP contribution < -0.4 is 0 Å². The number of hydrogen-bond acceptors (Lipinski definition) is 2. The molecular formula is C5H12BO2. The van der Waals surface area contributed by atoms with Crippen LogP contribution in [0, 0.1) is 0 Å². The molecule has 0 aliphatic carbocycles. The largest absolute Gasteiger partial charge is 0.487 e. The molecule has 1 radical (unpaired) electrons. The van der Waals surface area contributed by atoms with Crippen LogP contribution in [0.5, 0.6) is 0 Å². The predicted molar refractivity (Wildman–Crippen MR) is 33.6 cm³/mol. The highest BCUT2D eigenvalue weighted by Crippen LogP contribution is 1.85. The van der Waals surface area contributed by atoms with Crippen molar-refractivity contribution < 1.29 is 9.31 Å². The zero-order chi connectivity index (χ0) is 6.24. The fraction of sp³-hybridized carbons (Fsp3) is 1.00. The molecule has 2 nitrogen and oxygen atoms in total. The summed E-state index contributed by atoms with van der Waals surface area (Å²) in [7, 11) is 2.93. The molecule has 0 rings (SSSR count). The van der Waals surface area contributed by atoms with E-state index in [2.05, 4.69) is 11.6 Å². The van der Waals surface area contributed by atoms with Crippen LogP contribution in [-0.2, 0) is 9.31 Å². The van der Waals surface area contributed by atoms with Gasteiger partial charge in [-0.25, -0.2) is 0 Å². The van der Waals surface area contributed by atoms with E-state index >= 15 is 0 Å². The smallest absolute Gasteiger partial charge is 0.416 e.